The molecule has 0 fully saturated rings. The zero-order valence-electron chi connectivity index (χ0n) is 9.40. The molecule has 0 aliphatic carbocycles. The topological polar surface area (TPSA) is 79.4 Å². The van der Waals surface area contributed by atoms with Crippen LogP contribution in [-0.4, -0.2) is 29.1 Å². The number of aromatic nitrogens is 1. The fourth-order valence-electron chi connectivity index (χ4n) is 1.79. The van der Waals surface area contributed by atoms with Crippen LogP contribution >= 0.6 is 0 Å². The maximum Gasteiger partial charge on any atom is 0.353 e. The van der Waals surface area contributed by atoms with Crippen molar-refractivity contribution >= 4 is 22.8 Å². The van der Waals surface area contributed by atoms with E-state index in [-0.39, 0.29) is 11.3 Å². The number of nitrogens with one attached hydrogen (secondary N) is 1. The van der Waals surface area contributed by atoms with Crippen LogP contribution < -0.4 is 0 Å². The molecule has 5 nitrogen and oxygen atoms in total. The monoisotopic (exact) mass is 233 g/mol. The molecule has 0 aliphatic rings. The summed E-state index contributed by atoms with van der Waals surface area (Å²) in [5, 5.41) is 9.60. The van der Waals surface area contributed by atoms with Crippen molar-refractivity contribution < 1.29 is 19.4 Å². The first-order valence-electron chi connectivity index (χ1n) is 4.98. The van der Waals surface area contributed by atoms with Gasteiger partial charge in [-0.2, -0.15) is 0 Å². The Hall–Kier alpha value is -2.30. The van der Waals surface area contributed by atoms with Crippen molar-refractivity contribution in [1.82, 2.24) is 4.98 Å². The number of carboxylic acid groups (broad SMARTS) is 1. The number of aromatic carboxylic acids is 1. The van der Waals surface area contributed by atoms with Crippen LogP contribution in [0.5, 0.6) is 0 Å². The number of aryl methyl sites for hydroxylation is 1. The summed E-state index contributed by atoms with van der Waals surface area (Å²) in [6.45, 7) is 1.89. The van der Waals surface area contributed by atoms with Crippen LogP contribution in [0.15, 0.2) is 18.2 Å². The lowest BCUT2D eigenvalue weighted by Gasteiger charge is -1.99. The van der Waals surface area contributed by atoms with Gasteiger partial charge in [0.05, 0.1) is 12.7 Å². The zero-order chi connectivity index (χ0) is 12.6. The predicted molar refractivity (Wildman–Crippen MR) is 61.3 cm³/mol. The molecule has 17 heavy (non-hydrogen) atoms. The van der Waals surface area contributed by atoms with Crippen molar-refractivity contribution in [1.29, 1.82) is 0 Å². The second kappa shape index (κ2) is 3.93. The minimum absolute atomic E-state index is 0.0648. The SMILES string of the molecule is COC(=O)c1c(C(=O)O)[nH]c2cc(C)ccc12. The molecule has 1 aromatic carbocycles. The molecular formula is C12H11NO4. The van der Waals surface area contributed by atoms with Crippen LogP contribution in [0.3, 0.4) is 0 Å². The number of carbonyl (C=O) groups excluding carboxylic acids is 1. The molecule has 0 radical (unpaired) electrons. The van der Waals surface area contributed by atoms with E-state index in [4.69, 9.17) is 5.11 Å². The number of carbonyl (C=O) groups is 2. The number of carboxylic acids is 1. The van der Waals surface area contributed by atoms with Crippen LogP contribution in [0.4, 0.5) is 0 Å². The van der Waals surface area contributed by atoms with Gasteiger partial charge in [-0.25, -0.2) is 9.59 Å². The number of esters is 1. The molecule has 0 atom stereocenters. The highest BCUT2D eigenvalue weighted by Crippen LogP contribution is 2.24. The minimum atomic E-state index is -1.18. The minimum Gasteiger partial charge on any atom is -0.477 e. The Morgan fingerprint density at radius 2 is 2.06 bits per heavy atom. The van der Waals surface area contributed by atoms with Crippen LogP contribution in [0, 0.1) is 6.92 Å². The number of ether oxygens (including phenoxy) is 1. The molecule has 0 saturated carbocycles. The normalized spacial score (nSPS) is 10.5. The van der Waals surface area contributed by atoms with Gasteiger partial charge in [-0.1, -0.05) is 12.1 Å². The van der Waals surface area contributed by atoms with E-state index in [1.165, 1.54) is 7.11 Å². The molecule has 0 unspecified atom stereocenters. The standard InChI is InChI=1S/C12H11NO4/c1-6-3-4-7-8(5-6)13-10(11(14)15)9(7)12(16)17-2/h3-5,13H,1-2H3,(H,14,15). The summed E-state index contributed by atoms with van der Waals surface area (Å²) in [6, 6.07) is 5.31. The lowest BCUT2D eigenvalue weighted by atomic mass is 10.1. The lowest BCUT2D eigenvalue weighted by Crippen LogP contribution is -2.08. The molecule has 1 aromatic heterocycles. The second-order valence-corrected chi connectivity index (χ2v) is 3.72. The molecule has 88 valence electrons. The van der Waals surface area contributed by atoms with Crippen molar-refractivity contribution in [3.05, 3.63) is 35.0 Å². The summed E-state index contributed by atoms with van der Waals surface area (Å²) in [5.41, 5.74) is 1.52. The van der Waals surface area contributed by atoms with E-state index in [1.54, 1.807) is 12.1 Å². The fraction of sp³-hybridized carbons (Fsp3) is 0.167. The third-order valence-corrected chi connectivity index (χ3v) is 2.56. The quantitative estimate of drug-likeness (QED) is 0.777. The van der Waals surface area contributed by atoms with E-state index in [0.29, 0.717) is 10.9 Å². The summed E-state index contributed by atoms with van der Waals surface area (Å²) in [6.07, 6.45) is 0. The molecule has 2 rings (SSSR count). The first kappa shape index (κ1) is 11.2. The van der Waals surface area contributed by atoms with E-state index in [2.05, 4.69) is 9.72 Å². The average molecular weight is 233 g/mol. The van der Waals surface area contributed by atoms with E-state index < -0.39 is 11.9 Å². The molecule has 0 saturated heterocycles. The van der Waals surface area contributed by atoms with Crippen molar-refractivity contribution in [2.24, 2.45) is 0 Å². The molecule has 0 spiro atoms. The van der Waals surface area contributed by atoms with Crippen LogP contribution in [0.1, 0.15) is 26.4 Å². The number of benzene rings is 1. The largest absolute Gasteiger partial charge is 0.477 e. The van der Waals surface area contributed by atoms with Gasteiger partial charge in [-0.15, -0.1) is 0 Å². The van der Waals surface area contributed by atoms with Crippen molar-refractivity contribution in [2.75, 3.05) is 7.11 Å². The molecular weight excluding hydrogens is 222 g/mol. The maximum atomic E-state index is 11.6. The highest BCUT2D eigenvalue weighted by Gasteiger charge is 2.23. The first-order valence-corrected chi connectivity index (χ1v) is 4.98. The Balaban J connectivity index is 2.80. The second-order valence-electron chi connectivity index (χ2n) is 3.72. The third kappa shape index (κ3) is 1.75. The summed E-state index contributed by atoms with van der Waals surface area (Å²) in [4.78, 5) is 25.4. The van der Waals surface area contributed by atoms with Gasteiger partial charge in [0.25, 0.3) is 0 Å². The summed E-state index contributed by atoms with van der Waals surface area (Å²) >= 11 is 0. The molecule has 2 aromatic rings. The number of methoxy groups -OCH3 is 1. The Morgan fingerprint density at radius 1 is 1.35 bits per heavy atom. The smallest absolute Gasteiger partial charge is 0.353 e. The van der Waals surface area contributed by atoms with Gasteiger partial charge in [-0.3, -0.25) is 0 Å². The van der Waals surface area contributed by atoms with Crippen LogP contribution in [0.25, 0.3) is 10.9 Å². The van der Waals surface area contributed by atoms with E-state index in [9.17, 15) is 9.59 Å². The summed E-state index contributed by atoms with van der Waals surface area (Å²) in [7, 11) is 1.22. The Labute approximate surface area is 97.0 Å². The first-order chi connectivity index (χ1) is 8.04. The highest BCUT2D eigenvalue weighted by molar-refractivity contribution is 6.12. The Morgan fingerprint density at radius 3 is 2.65 bits per heavy atom. The van der Waals surface area contributed by atoms with E-state index in [1.807, 2.05) is 13.0 Å². The van der Waals surface area contributed by atoms with Crippen LogP contribution in [-0.2, 0) is 4.74 Å². The number of hydrogen-bond donors (Lipinski definition) is 2. The molecule has 5 heteroatoms. The third-order valence-electron chi connectivity index (χ3n) is 2.56. The van der Waals surface area contributed by atoms with Crippen LogP contribution in [0.2, 0.25) is 0 Å². The van der Waals surface area contributed by atoms with Crippen molar-refractivity contribution in [3.8, 4) is 0 Å². The van der Waals surface area contributed by atoms with Crippen molar-refractivity contribution in [2.45, 2.75) is 6.92 Å². The Kier molecular flexibility index (Phi) is 2.59. The fourth-order valence-corrected chi connectivity index (χ4v) is 1.79. The number of aromatic amines is 1. The van der Waals surface area contributed by atoms with Gasteiger partial charge in [0.2, 0.25) is 0 Å². The molecule has 0 amide bonds. The Bertz CT molecular complexity index is 612. The van der Waals surface area contributed by atoms with E-state index >= 15 is 0 Å². The molecule has 0 bridgehead atoms. The summed E-state index contributed by atoms with van der Waals surface area (Å²) in [5.74, 6) is -1.84. The van der Waals surface area contributed by atoms with E-state index in [0.717, 1.165) is 5.56 Å². The number of hydrogen-bond acceptors (Lipinski definition) is 3. The highest BCUT2D eigenvalue weighted by atomic mass is 16.5. The zero-order valence-corrected chi connectivity index (χ0v) is 9.40. The average Bonchev–Trinajstić information content (AvgIpc) is 2.66. The van der Waals surface area contributed by atoms with Gasteiger partial charge in [0.15, 0.2) is 0 Å². The lowest BCUT2D eigenvalue weighted by molar-refractivity contribution is 0.0584. The van der Waals surface area contributed by atoms with Gasteiger partial charge < -0.3 is 14.8 Å². The number of fused-ring (bicyclic) bond motifs is 1. The maximum absolute atomic E-state index is 11.6. The molecule has 0 aliphatic heterocycles. The van der Waals surface area contributed by atoms with Gasteiger partial charge in [0, 0.05) is 10.9 Å². The molecule has 1 heterocycles. The number of rotatable bonds is 2. The molecule has 2 N–H and O–H groups in total. The summed E-state index contributed by atoms with van der Waals surface area (Å²) < 4.78 is 4.60. The number of H-pyrrole nitrogens is 1. The van der Waals surface area contributed by atoms with Gasteiger partial charge >= 0.3 is 11.9 Å². The van der Waals surface area contributed by atoms with Gasteiger partial charge in [0.1, 0.15) is 5.69 Å². The predicted octanol–water partition coefficient (Wildman–Crippen LogP) is 1.96. The van der Waals surface area contributed by atoms with Gasteiger partial charge in [-0.05, 0) is 18.6 Å². The van der Waals surface area contributed by atoms with Crippen molar-refractivity contribution in [3.63, 3.8) is 0 Å².